The van der Waals surface area contributed by atoms with Crippen molar-refractivity contribution in [2.45, 2.75) is 136 Å². The molecular weight excluding hydrogens is 899 g/mol. The number of fused-ring (bicyclic) bond motifs is 6. The minimum Gasteiger partial charge on any atom is -0.664 e. The second kappa shape index (κ2) is 18.9. The Morgan fingerprint density at radius 3 is 1.74 bits per heavy atom. The van der Waals surface area contributed by atoms with E-state index >= 15 is 0 Å². The fourth-order valence-corrected chi connectivity index (χ4v) is 10.5. The first kappa shape index (κ1) is 51.7. The van der Waals surface area contributed by atoms with Gasteiger partial charge in [-0.25, -0.2) is 0 Å². The first-order chi connectivity index (χ1) is 29.6. The van der Waals surface area contributed by atoms with Crippen LogP contribution >= 0.6 is 0 Å². The second-order valence-corrected chi connectivity index (χ2v) is 18.2. The first-order valence-corrected chi connectivity index (χ1v) is 20.7. The van der Waals surface area contributed by atoms with Crippen molar-refractivity contribution in [2.24, 2.45) is 37.1 Å². The Balaban J connectivity index is 0.00000925. The molecule has 1 radical (unpaired) electrons. The summed E-state index contributed by atoms with van der Waals surface area (Å²) in [5, 5.41) is 86.2. The number of aliphatic carboxylic acids is 8. The van der Waals surface area contributed by atoms with Crippen LogP contribution in [-0.2, 0) is 55.1 Å². The summed E-state index contributed by atoms with van der Waals surface area (Å²) in [6, 6.07) is 0. The molecule has 0 amide bonds. The molecule has 0 aliphatic carbocycles. The molecule has 5 aliphatic heterocycles. The Labute approximate surface area is 383 Å². The molecule has 0 aromatic rings. The molecule has 0 aromatic carbocycles. The summed E-state index contributed by atoms with van der Waals surface area (Å²) < 4.78 is 0. The summed E-state index contributed by atoms with van der Waals surface area (Å²) >= 11 is 0. The summed E-state index contributed by atoms with van der Waals surface area (Å²) in [7, 11) is 0. The van der Waals surface area contributed by atoms with Crippen LogP contribution in [0.4, 0.5) is 0 Å². The van der Waals surface area contributed by atoms with Gasteiger partial charge in [-0.1, -0.05) is 32.4 Å². The number of carboxylic acid groups (broad SMARTS) is 8. The third-order valence-corrected chi connectivity index (χ3v) is 13.9. The number of allylic oxidation sites excluding steroid dienone is 3. The van der Waals surface area contributed by atoms with Crippen molar-refractivity contribution in [3.8, 4) is 0 Å². The minimum absolute atomic E-state index is 0. The maximum atomic E-state index is 12.9. The summed E-state index contributed by atoms with van der Waals surface area (Å²) in [5.74, 6) is -11.3. The zero-order chi connectivity index (χ0) is 47.9. The fourth-order valence-electron chi connectivity index (χ4n) is 10.5. The number of aliphatic imine (C=N–C) groups is 3. The Morgan fingerprint density at radius 1 is 0.646 bits per heavy atom. The number of carbonyl (C=O) groups is 8. The molecule has 0 saturated carbocycles. The van der Waals surface area contributed by atoms with Crippen molar-refractivity contribution in [2.75, 3.05) is 0 Å². The molecule has 6 atom stereocenters. The zero-order valence-electron chi connectivity index (χ0n) is 36.5. The topological polar surface area (TPSA) is 350 Å². The van der Waals surface area contributed by atoms with Crippen LogP contribution in [0.3, 0.4) is 0 Å². The SMILES string of the molecule is C[C@]1(CCC(=O)O)C2=NC(=C1CC(=O)O)[C@]1(C)N=C(/C=C3\[N-]C(=C(CCC(=O)O)[C@]3(C)CC(=O)O)C[C@]3(C)N=C(C2)C(CCC(=O)O)=C3CC(=O)O)[C@@H](CCC(=O)O)[C@]1(C)CC(=O)O.[Co+2]. The number of rotatable bonds is 20. The van der Waals surface area contributed by atoms with Crippen LogP contribution in [0.25, 0.3) is 5.32 Å². The van der Waals surface area contributed by atoms with E-state index in [4.69, 9.17) is 20.3 Å². The summed E-state index contributed by atoms with van der Waals surface area (Å²) in [4.78, 5) is 115. The second-order valence-electron chi connectivity index (χ2n) is 18.2. The fraction of sp³-hybridized carbons (Fsp3) is 0.568. The quantitative estimate of drug-likeness (QED) is 0.0722. The van der Waals surface area contributed by atoms with Crippen LogP contribution in [-0.4, -0.2) is 117 Å². The molecule has 0 fully saturated rings. The molecule has 8 bridgehead atoms. The Bertz CT molecular complexity index is 2360. The van der Waals surface area contributed by atoms with Gasteiger partial charge in [0.1, 0.15) is 5.54 Å². The van der Waals surface area contributed by atoms with Gasteiger partial charge in [0.2, 0.25) is 0 Å². The molecule has 65 heavy (non-hydrogen) atoms. The molecule has 8 N–H and O–H groups in total. The largest absolute Gasteiger partial charge is 2.00 e. The van der Waals surface area contributed by atoms with Gasteiger partial charge in [0.25, 0.3) is 0 Å². The predicted octanol–water partition coefficient (Wildman–Crippen LogP) is 5.73. The van der Waals surface area contributed by atoms with Crippen molar-refractivity contribution in [3.63, 3.8) is 0 Å². The standard InChI is InChI=1S/C44H54N4O16.Co/c1-40(13-12-34(55)56)25(15-36(59)60)39-44(5)42(3,20-38(63)64)23(8-11-33(53)54)27(48-44)17-30-41(2,19-37(61)62)22(7-10-32(51)52)28(45-30)18-43(4)24(14-35(57)58)21(6-9-31(49)50)26(47-43)16-29(40)46-39;/h17,23H,6-16,18-20H2,1-5H3,(H9,45,48,49,50,51,52,53,54,55,56,57,58,59,60,61,62,63,64);/q;+2/p-1/t23-,40-,41+,42+,43+,44+;/m1./s1. The zero-order valence-corrected chi connectivity index (χ0v) is 37.6. The van der Waals surface area contributed by atoms with E-state index in [0.717, 1.165) is 0 Å². The maximum absolute atomic E-state index is 12.9. The Hall–Kier alpha value is -5.96. The van der Waals surface area contributed by atoms with Gasteiger partial charge in [-0.2, -0.15) is 5.70 Å². The Kier molecular flexibility index (Phi) is 15.0. The van der Waals surface area contributed by atoms with Gasteiger partial charge in [0.05, 0.1) is 36.9 Å². The van der Waals surface area contributed by atoms with Crippen molar-refractivity contribution >= 4 is 64.9 Å². The van der Waals surface area contributed by atoms with E-state index in [-0.39, 0.29) is 112 Å². The van der Waals surface area contributed by atoms with Crippen molar-refractivity contribution in [1.29, 1.82) is 0 Å². The van der Waals surface area contributed by atoms with E-state index in [2.05, 4.69) is 0 Å². The smallest absolute Gasteiger partial charge is 0.664 e. The summed E-state index contributed by atoms with van der Waals surface area (Å²) in [6.07, 6.45) is -4.62. The molecule has 5 heterocycles. The van der Waals surface area contributed by atoms with Gasteiger partial charge < -0.3 is 46.2 Å². The molecule has 20 nitrogen and oxygen atoms in total. The molecule has 5 aliphatic rings. The minimum atomic E-state index is -1.81. The molecule has 5 rings (SSSR count). The molecular formula is C44H53CoN4O16+. The predicted molar refractivity (Wildman–Crippen MR) is 225 cm³/mol. The van der Waals surface area contributed by atoms with E-state index in [1.165, 1.54) is 19.9 Å². The third-order valence-electron chi connectivity index (χ3n) is 13.9. The molecule has 0 spiro atoms. The normalized spacial score (nSPS) is 29.9. The summed E-state index contributed by atoms with van der Waals surface area (Å²) in [5.41, 5.74) is -6.64. The van der Waals surface area contributed by atoms with Gasteiger partial charge in [-0.3, -0.25) is 53.3 Å². The van der Waals surface area contributed by atoms with E-state index in [1.807, 2.05) is 0 Å². The van der Waals surface area contributed by atoms with Gasteiger partial charge in [-0.05, 0) is 62.7 Å². The third kappa shape index (κ3) is 9.99. The molecule has 0 saturated heterocycles. The average Bonchev–Trinajstić information content (AvgIpc) is 3.72. The van der Waals surface area contributed by atoms with E-state index in [1.54, 1.807) is 20.8 Å². The van der Waals surface area contributed by atoms with Crippen LogP contribution in [0.5, 0.6) is 0 Å². The van der Waals surface area contributed by atoms with Gasteiger partial charge in [0.15, 0.2) is 0 Å². The number of hydrogen-bond acceptors (Lipinski definition) is 11. The van der Waals surface area contributed by atoms with Crippen LogP contribution in [0.2, 0.25) is 0 Å². The molecule has 353 valence electrons. The van der Waals surface area contributed by atoms with E-state index in [9.17, 15) is 79.2 Å². The van der Waals surface area contributed by atoms with E-state index < -0.39 is 132 Å². The van der Waals surface area contributed by atoms with E-state index in [0.29, 0.717) is 0 Å². The van der Waals surface area contributed by atoms with Crippen LogP contribution in [0.15, 0.2) is 60.4 Å². The monoisotopic (exact) mass is 952 g/mol. The molecule has 0 aromatic heterocycles. The Morgan fingerprint density at radius 2 is 1.20 bits per heavy atom. The maximum Gasteiger partial charge on any atom is 2.00 e. The van der Waals surface area contributed by atoms with Crippen LogP contribution in [0.1, 0.15) is 125 Å². The van der Waals surface area contributed by atoms with Crippen LogP contribution < -0.4 is 0 Å². The van der Waals surface area contributed by atoms with Gasteiger partial charge >= 0.3 is 64.5 Å². The molecule has 21 heteroatoms. The molecule has 0 unspecified atom stereocenters. The number of carboxylic acids is 8. The first-order valence-electron chi connectivity index (χ1n) is 20.7. The van der Waals surface area contributed by atoms with Gasteiger partial charge in [-0.15, -0.1) is 5.70 Å². The number of hydrogen-bond donors (Lipinski definition) is 8. The van der Waals surface area contributed by atoms with Crippen molar-refractivity contribution < 1.29 is 96.0 Å². The summed E-state index contributed by atoms with van der Waals surface area (Å²) in [6.45, 7) is 7.81. The van der Waals surface area contributed by atoms with Gasteiger partial charge in [0, 0.05) is 71.4 Å². The van der Waals surface area contributed by atoms with Crippen molar-refractivity contribution in [3.05, 3.63) is 50.8 Å². The van der Waals surface area contributed by atoms with Crippen LogP contribution in [0, 0.1) is 22.2 Å². The van der Waals surface area contributed by atoms with Crippen molar-refractivity contribution in [1.82, 2.24) is 0 Å². The average molecular weight is 953 g/mol. The number of nitrogens with zero attached hydrogens (tertiary/aromatic N) is 4.